The predicted octanol–water partition coefficient (Wildman–Crippen LogP) is 2.53. The van der Waals surface area contributed by atoms with Crippen LogP contribution in [0.15, 0.2) is 59.5 Å². The van der Waals surface area contributed by atoms with Crippen LogP contribution in [0.2, 0.25) is 0 Å². The summed E-state index contributed by atoms with van der Waals surface area (Å²) in [5.74, 6) is 0. The molecule has 0 aliphatic rings. The maximum absolute atomic E-state index is 12.6. The Morgan fingerprint density at radius 3 is 2.38 bits per heavy atom. The van der Waals surface area contributed by atoms with Crippen molar-refractivity contribution in [3.05, 3.63) is 65.7 Å². The van der Waals surface area contributed by atoms with Crippen molar-refractivity contribution in [2.45, 2.75) is 24.4 Å². The number of hydrogen-bond acceptors (Lipinski definition) is 3. The molecule has 5 heteroatoms. The molecule has 0 aromatic heterocycles. The van der Waals surface area contributed by atoms with Gasteiger partial charge in [0.1, 0.15) is 0 Å². The molecular formula is C16H20N2O2S. The Morgan fingerprint density at radius 2 is 1.76 bits per heavy atom. The zero-order valence-corrected chi connectivity index (χ0v) is 13.0. The molecule has 21 heavy (non-hydrogen) atoms. The number of hydrogen-bond donors (Lipinski definition) is 1. The molecule has 2 rings (SSSR count). The van der Waals surface area contributed by atoms with Crippen LogP contribution in [0.25, 0.3) is 0 Å². The van der Waals surface area contributed by atoms with E-state index in [0.717, 1.165) is 11.1 Å². The molecule has 0 bridgehead atoms. The third-order valence-electron chi connectivity index (χ3n) is 3.34. The fourth-order valence-electron chi connectivity index (χ4n) is 2.06. The summed E-state index contributed by atoms with van der Waals surface area (Å²) >= 11 is 0. The van der Waals surface area contributed by atoms with Gasteiger partial charge in [-0.05, 0) is 30.2 Å². The highest BCUT2D eigenvalue weighted by Crippen LogP contribution is 2.20. The maximum atomic E-state index is 12.6. The Labute approximate surface area is 126 Å². The van der Waals surface area contributed by atoms with Crippen molar-refractivity contribution >= 4 is 10.0 Å². The minimum absolute atomic E-state index is 0.195. The van der Waals surface area contributed by atoms with E-state index in [1.807, 2.05) is 43.3 Å². The first kappa shape index (κ1) is 15.7. The largest absolute Gasteiger partial charge is 0.324 e. The zero-order valence-electron chi connectivity index (χ0n) is 12.2. The molecule has 0 aliphatic carbocycles. The van der Waals surface area contributed by atoms with Crippen LogP contribution in [0.1, 0.15) is 24.1 Å². The van der Waals surface area contributed by atoms with E-state index >= 15 is 0 Å². The van der Waals surface area contributed by atoms with Gasteiger partial charge in [-0.1, -0.05) is 42.5 Å². The second-order valence-corrected chi connectivity index (χ2v) is 7.15. The van der Waals surface area contributed by atoms with E-state index in [9.17, 15) is 8.42 Å². The summed E-state index contributed by atoms with van der Waals surface area (Å²) in [7, 11) is -1.93. The number of benzene rings is 2. The van der Waals surface area contributed by atoms with Crippen LogP contribution in [-0.4, -0.2) is 19.8 Å². The van der Waals surface area contributed by atoms with Crippen molar-refractivity contribution in [1.82, 2.24) is 4.31 Å². The van der Waals surface area contributed by atoms with Crippen molar-refractivity contribution in [2.24, 2.45) is 5.73 Å². The highest BCUT2D eigenvalue weighted by Gasteiger charge is 2.21. The lowest BCUT2D eigenvalue weighted by Gasteiger charge is -2.18. The lowest BCUT2D eigenvalue weighted by atomic mass is 10.1. The van der Waals surface area contributed by atoms with E-state index in [1.54, 1.807) is 25.2 Å². The van der Waals surface area contributed by atoms with Crippen LogP contribution in [-0.2, 0) is 16.6 Å². The second kappa shape index (κ2) is 6.39. The van der Waals surface area contributed by atoms with Gasteiger partial charge in [0.25, 0.3) is 0 Å². The monoisotopic (exact) mass is 304 g/mol. The maximum Gasteiger partial charge on any atom is 0.243 e. The van der Waals surface area contributed by atoms with Crippen LogP contribution < -0.4 is 5.73 Å². The van der Waals surface area contributed by atoms with Crippen molar-refractivity contribution < 1.29 is 8.42 Å². The van der Waals surface area contributed by atoms with Crippen molar-refractivity contribution in [1.29, 1.82) is 0 Å². The number of sulfonamides is 1. The average molecular weight is 304 g/mol. The first-order chi connectivity index (χ1) is 9.91. The molecule has 2 N–H and O–H groups in total. The number of nitrogens with two attached hydrogens (primary N) is 1. The SMILES string of the molecule is CC(N)c1cccc(S(=O)(=O)N(C)Cc2ccccc2)c1. The van der Waals surface area contributed by atoms with Gasteiger partial charge in [0.05, 0.1) is 4.90 Å². The first-order valence-electron chi connectivity index (χ1n) is 6.77. The molecule has 0 saturated heterocycles. The Kier molecular flexibility index (Phi) is 4.77. The van der Waals surface area contributed by atoms with Crippen LogP contribution in [0, 0.1) is 0 Å². The molecule has 0 saturated carbocycles. The Morgan fingerprint density at radius 1 is 1.10 bits per heavy atom. The minimum Gasteiger partial charge on any atom is -0.324 e. The van der Waals surface area contributed by atoms with Gasteiger partial charge in [-0.2, -0.15) is 4.31 Å². The minimum atomic E-state index is -3.52. The molecule has 0 heterocycles. The van der Waals surface area contributed by atoms with E-state index in [4.69, 9.17) is 5.73 Å². The fraction of sp³-hybridized carbons (Fsp3) is 0.250. The molecule has 112 valence electrons. The summed E-state index contributed by atoms with van der Waals surface area (Å²) in [4.78, 5) is 0.274. The molecule has 1 unspecified atom stereocenters. The molecule has 0 fully saturated rings. The number of nitrogens with zero attached hydrogens (tertiary/aromatic N) is 1. The summed E-state index contributed by atoms with van der Waals surface area (Å²) in [5, 5.41) is 0. The molecular weight excluding hydrogens is 284 g/mol. The highest BCUT2D eigenvalue weighted by molar-refractivity contribution is 7.89. The zero-order chi connectivity index (χ0) is 15.5. The first-order valence-corrected chi connectivity index (χ1v) is 8.21. The number of rotatable bonds is 5. The van der Waals surface area contributed by atoms with Gasteiger partial charge < -0.3 is 5.73 Å². The van der Waals surface area contributed by atoms with Gasteiger partial charge in [0, 0.05) is 19.6 Å². The van der Waals surface area contributed by atoms with Gasteiger partial charge >= 0.3 is 0 Å². The lowest BCUT2D eigenvalue weighted by molar-refractivity contribution is 0.466. The van der Waals surface area contributed by atoms with Crippen LogP contribution in [0.4, 0.5) is 0 Å². The summed E-state index contributed by atoms with van der Waals surface area (Å²) < 4.78 is 26.5. The Balaban J connectivity index is 2.27. The van der Waals surface area contributed by atoms with E-state index in [0.29, 0.717) is 6.54 Å². The van der Waals surface area contributed by atoms with E-state index < -0.39 is 10.0 Å². The third kappa shape index (κ3) is 3.69. The van der Waals surface area contributed by atoms with Crippen LogP contribution in [0.5, 0.6) is 0 Å². The van der Waals surface area contributed by atoms with Crippen molar-refractivity contribution in [3.8, 4) is 0 Å². The van der Waals surface area contributed by atoms with Crippen molar-refractivity contribution in [2.75, 3.05) is 7.05 Å². The van der Waals surface area contributed by atoms with Crippen LogP contribution >= 0.6 is 0 Å². The van der Waals surface area contributed by atoms with Crippen LogP contribution in [0.3, 0.4) is 0 Å². The molecule has 2 aromatic rings. The molecule has 0 spiro atoms. The molecule has 0 aliphatic heterocycles. The topological polar surface area (TPSA) is 63.4 Å². The Hall–Kier alpha value is -1.69. The van der Waals surface area contributed by atoms with E-state index in [-0.39, 0.29) is 10.9 Å². The third-order valence-corrected chi connectivity index (χ3v) is 5.14. The van der Waals surface area contributed by atoms with Gasteiger partial charge in [-0.15, -0.1) is 0 Å². The van der Waals surface area contributed by atoms with E-state index in [1.165, 1.54) is 4.31 Å². The predicted molar refractivity (Wildman–Crippen MR) is 84.1 cm³/mol. The quantitative estimate of drug-likeness (QED) is 0.923. The fourth-order valence-corrected chi connectivity index (χ4v) is 3.28. The second-order valence-electron chi connectivity index (χ2n) is 5.11. The highest BCUT2D eigenvalue weighted by atomic mass is 32.2. The summed E-state index contributed by atoms with van der Waals surface area (Å²) in [6, 6.07) is 16.1. The standard InChI is InChI=1S/C16H20N2O2S/c1-13(17)15-9-6-10-16(11-15)21(19,20)18(2)12-14-7-4-3-5-8-14/h3-11,13H,12,17H2,1-2H3. The summed E-state index contributed by atoms with van der Waals surface area (Å²) in [6.45, 7) is 2.17. The molecule has 0 radical (unpaired) electrons. The van der Waals surface area contributed by atoms with E-state index in [2.05, 4.69) is 0 Å². The van der Waals surface area contributed by atoms with Crippen molar-refractivity contribution in [3.63, 3.8) is 0 Å². The molecule has 2 aromatic carbocycles. The van der Waals surface area contributed by atoms with Gasteiger partial charge in [0.15, 0.2) is 0 Å². The normalized spacial score (nSPS) is 13.3. The molecule has 0 amide bonds. The summed E-state index contributed by atoms with van der Waals surface area (Å²) in [6.07, 6.45) is 0. The van der Waals surface area contributed by atoms with Gasteiger partial charge in [-0.25, -0.2) is 8.42 Å². The lowest BCUT2D eigenvalue weighted by Crippen LogP contribution is -2.26. The molecule has 1 atom stereocenters. The van der Waals surface area contributed by atoms with Gasteiger partial charge in [0.2, 0.25) is 10.0 Å². The smallest absolute Gasteiger partial charge is 0.243 e. The Bertz CT molecular complexity index is 697. The average Bonchev–Trinajstić information content (AvgIpc) is 2.48. The summed E-state index contributed by atoms with van der Waals surface area (Å²) in [5.41, 5.74) is 7.58. The molecule has 4 nitrogen and oxygen atoms in total. The van der Waals surface area contributed by atoms with Gasteiger partial charge in [-0.3, -0.25) is 0 Å².